The van der Waals surface area contributed by atoms with Crippen LogP contribution in [0.5, 0.6) is 5.75 Å². The van der Waals surface area contributed by atoms with Crippen molar-refractivity contribution in [1.82, 2.24) is 9.99 Å². The Morgan fingerprint density at radius 2 is 1.85 bits per heavy atom. The van der Waals surface area contributed by atoms with Gasteiger partial charge in [-0.3, -0.25) is 15.0 Å². The van der Waals surface area contributed by atoms with E-state index in [1.54, 1.807) is 6.07 Å². The highest BCUT2D eigenvalue weighted by Crippen LogP contribution is 2.34. The Morgan fingerprint density at radius 1 is 1.12 bits per heavy atom. The molecule has 1 heterocycles. The summed E-state index contributed by atoms with van der Waals surface area (Å²) in [4.78, 5) is 23.4. The Kier molecular flexibility index (Phi) is 5.04. The van der Waals surface area contributed by atoms with E-state index < -0.39 is 5.97 Å². The molecule has 0 aliphatic heterocycles. The van der Waals surface area contributed by atoms with Crippen LogP contribution in [0, 0.1) is 6.92 Å². The number of rotatable bonds is 5. The number of hydrogen-bond acceptors (Lipinski definition) is 4. The predicted molar refractivity (Wildman–Crippen MR) is 99.6 cm³/mol. The number of nitrogens with two attached hydrogens (primary N) is 1. The Balaban J connectivity index is 2.20. The van der Waals surface area contributed by atoms with Crippen LogP contribution in [0.15, 0.2) is 48.5 Å². The van der Waals surface area contributed by atoms with Crippen LogP contribution in [0.2, 0.25) is 0 Å². The van der Waals surface area contributed by atoms with E-state index >= 15 is 0 Å². The molecular weight excluding hydrogens is 330 g/mol. The minimum atomic E-state index is -0.407. The van der Waals surface area contributed by atoms with Gasteiger partial charge < -0.3 is 9.30 Å². The number of nitrogens with one attached hydrogen (secondary N) is 1. The van der Waals surface area contributed by atoms with Gasteiger partial charge in [0.15, 0.2) is 5.75 Å². The van der Waals surface area contributed by atoms with Crippen LogP contribution < -0.4 is 16.0 Å². The van der Waals surface area contributed by atoms with Gasteiger partial charge in [0, 0.05) is 18.0 Å². The Hall–Kier alpha value is -3.12. The minimum Gasteiger partial charge on any atom is -0.424 e. The van der Waals surface area contributed by atoms with Crippen LogP contribution >= 0.6 is 0 Å². The largest absolute Gasteiger partial charge is 0.424 e. The Bertz CT molecular complexity index is 961. The first-order chi connectivity index (χ1) is 12.5. The monoisotopic (exact) mass is 351 g/mol. The lowest BCUT2D eigenvalue weighted by atomic mass is 10.0. The molecule has 1 amide bonds. The number of hydrazine groups is 1. The first-order valence-corrected chi connectivity index (χ1v) is 8.33. The minimum absolute atomic E-state index is 0.0475. The Labute approximate surface area is 151 Å². The third-order valence-electron chi connectivity index (χ3n) is 4.38. The van der Waals surface area contributed by atoms with Crippen LogP contribution in [0.1, 0.15) is 23.7 Å². The van der Waals surface area contributed by atoms with Gasteiger partial charge in [0.1, 0.15) is 6.54 Å². The number of carbonyl (C=O) groups is 2. The van der Waals surface area contributed by atoms with Crippen LogP contribution in [0.4, 0.5) is 0 Å². The molecule has 3 rings (SSSR count). The van der Waals surface area contributed by atoms with Crippen LogP contribution in [-0.2, 0) is 22.6 Å². The van der Waals surface area contributed by atoms with Crippen molar-refractivity contribution in [1.29, 1.82) is 0 Å². The van der Waals surface area contributed by atoms with Gasteiger partial charge in [-0.2, -0.15) is 0 Å². The van der Waals surface area contributed by atoms with E-state index in [2.05, 4.69) is 17.6 Å². The zero-order valence-corrected chi connectivity index (χ0v) is 14.8. The van der Waals surface area contributed by atoms with Crippen molar-refractivity contribution < 1.29 is 14.3 Å². The topological polar surface area (TPSA) is 86.3 Å². The third-order valence-corrected chi connectivity index (χ3v) is 4.38. The van der Waals surface area contributed by atoms with Crippen molar-refractivity contribution in [2.75, 3.05) is 0 Å². The molecule has 0 saturated carbocycles. The molecule has 0 atom stereocenters. The third kappa shape index (κ3) is 3.45. The normalized spacial score (nSPS) is 10.7. The number of esters is 1. The molecule has 6 nitrogen and oxygen atoms in total. The van der Waals surface area contributed by atoms with E-state index in [1.807, 2.05) is 41.8 Å². The maximum Gasteiger partial charge on any atom is 0.308 e. The highest BCUT2D eigenvalue weighted by atomic mass is 16.5. The summed E-state index contributed by atoms with van der Waals surface area (Å²) in [6, 6.07) is 15.6. The van der Waals surface area contributed by atoms with Crippen molar-refractivity contribution in [2.24, 2.45) is 5.84 Å². The fourth-order valence-electron chi connectivity index (χ4n) is 3.22. The van der Waals surface area contributed by atoms with Gasteiger partial charge in [-0.25, -0.2) is 5.84 Å². The summed E-state index contributed by atoms with van der Waals surface area (Å²) in [7, 11) is 0. The van der Waals surface area contributed by atoms with E-state index in [9.17, 15) is 9.59 Å². The van der Waals surface area contributed by atoms with Crippen LogP contribution in [-0.4, -0.2) is 16.4 Å². The number of hydrogen-bond donors (Lipinski definition) is 2. The average Bonchev–Trinajstić information content (AvgIpc) is 2.88. The number of amides is 1. The molecule has 1 aromatic heterocycles. The summed E-state index contributed by atoms with van der Waals surface area (Å²) in [5.74, 6) is 4.97. The highest BCUT2D eigenvalue weighted by molar-refractivity contribution is 5.93. The predicted octanol–water partition coefficient (Wildman–Crippen LogP) is 2.46. The van der Waals surface area contributed by atoms with Gasteiger partial charge in [-0.15, -0.1) is 0 Å². The van der Waals surface area contributed by atoms with E-state index in [0.29, 0.717) is 12.2 Å². The molecule has 0 spiro atoms. The number of benzene rings is 2. The SMILES string of the molecule is CC(=O)Oc1cccc2c(Cc3ccccc3)c(C)n(CC(=O)NN)c12. The maximum absolute atomic E-state index is 11.9. The van der Waals surface area contributed by atoms with Gasteiger partial charge >= 0.3 is 5.97 Å². The number of nitrogens with zero attached hydrogens (tertiary/aromatic N) is 1. The smallest absolute Gasteiger partial charge is 0.308 e. The van der Waals surface area contributed by atoms with Crippen molar-refractivity contribution in [3.8, 4) is 5.75 Å². The zero-order valence-electron chi connectivity index (χ0n) is 14.8. The second-order valence-corrected chi connectivity index (χ2v) is 6.13. The molecular formula is C20H21N3O3. The number of fused-ring (bicyclic) bond motifs is 1. The number of ether oxygens (including phenoxy) is 1. The molecule has 0 aliphatic rings. The summed E-state index contributed by atoms with van der Waals surface area (Å²) in [6.45, 7) is 3.36. The molecule has 0 unspecified atom stereocenters. The Morgan fingerprint density at radius 3 is 2.50 bits per heavy atom. The molecule has 26 heavy (non-hydrogen) atoms. The molecule has 3 N–H and O–H groups in total. The summed E-state index contributed by atoms with van der Waals surface area (Å²) in [5, 5.41) is 0.954. The number of aromatic nitrogens is 1. The molecule has 0 radical (unpaired) electrons. The molecule has 2 aromatic carbocycles. The average molecular weight is 351 g/mol. The summed E-state index contributed by atoms with van der Waals surface area (Å²) in [5.41, 5.74) is 6.06. The van der Waals surface area contributed by atoms with Crippen LogP contribution in [0.25, 0.3) is 10.9 Å². The first-order valence-electron chi connectivity index (χ1n) is 8.33. The molecule has 0 fully saturated rings. The summed E-state index contributed by atoms with van der Waals surface area (Å²) in [6.07, 6.45) is 0.712. The van der Waals surface area contributed by atoms with Gasteiger partial charge in [0.2, 0.25) is 0 Å². The molecule has 6 heteroatoms. The fourth-order valence-corrected chi connectivity index (χ4v) is 3.22. The molecule has 0 aliphatic carbocycles. The number of carbonyl (C=O) groups excluding carboxylic acids is 2. The quantitative estimate of drug-likeness (QED) is 0.243. The fraction of sp³-hybridized carbons (Fsp3) is 0.200. The molecule has 0 bridgehead atoms. The van der Waals surface area contributed by atoms with Crippen molar-refractivity contribution >= 4 is 22.8 Å². The van der Waals surface area contributed by atoms with E-state index in [-0.39, 0.29) is 12.5 Å². The second kappa shape index (κ2) is 7.41. The maximum atomic E-state index is 11.9. The second-order valence-electron chi connectivity index (χ2n) is 6.13. The van der Waals surface area contributed by atoms with E-state index in [0.717, 1.165) is 27.7 Å². The van der Waals surface area contributed by atoms with E-state index in [4.69, 9.17) is 10.6 Å². The summed E-state index contributed by atoms with van der Waals surface area (Å²) >= 11 is 0. The van der Waals surface area contributed by atoms with Crippen LogP contribution in [0.3, 0.4) is 0 Å². The standard InChI is InChI=1S/C20H21N3O3/c1-13-17(11-15-7-4-3-5-8-15)16-9-6-10-18(26-14(2)24)20(16)23(13)12-19(25)22-21/h3-10H,11-12,21H2,1-2H3,(H,22,25). The molecule has 134 valence electrons. The highest BCUT2D eigenvalue weighted by Gasteiger charge is 2.20. The van der Waals surface area contributed by atoms with Gasteiger partial charge in [0.25, 0.3) is 5.91 Å². The summed E-state index contributed by atoms with van der Waals surface area (Å²) < 4.78 is 7.22. The van der Waals surface area contributed by atoms with Crippen molar-refractivity contribution in [3.05, 3.63) is 65.4 Å². The van der Waals surface area contributed by atoms with Gasteiger partial charge in [-0.1, -0.05) is 42.5 Å². The van der Waals surface area contributed by atoms with Crippen molar-refractivity contribution in [3.63, 3.8) is 0 Å². The molecule has 3 aromatic rings. The lowest BCUT2D eigenvalue weighted by molar-refractivity contribution is -0.131. The van der Waals surface area contributed by atoms with Gasteiger partial charge in [-0.05, 0) is 30.5 Å². The first kappa shape index (κ1) is 17.7. The van der Waals surface area contributed by atoms with Gasteiger partial charge in [0.05, 0.1) is 5.52 Å². The lowest BCUT2D eigenvalue weighted by Gasteiger charge is -2.10. The van der Waals surface area contributed by atoms with Crippen molar-refractivity contribution in [2.45, 2.75) is 26.8 Å². The van der Waals surface area contributed by atoms with E-state index in [1.165, 1.54) is 6.92 Å². The number of para-hydroxylation sites is 1. The lowest BCUT2D eigenvalue weighted by Crippen LogP contribution is -2.33. The zero-order chi connectivity index (χ0) is 18.7. The molecule has 0 saturated heterocycles.